The van der Waals surface area contributed by atoms with Crippen LogP contribution < -0.4 is 0 Å². The van der Waals surface area contributed by atoms with E-state index in [1.54, 1.807) is 12.1 Å². The van der Waals surface area contributed by atoms with Gasteiger partial charge in [-0.3, -0.25) is 4.18 Å². The average molecular weight is 344 g/mol. The summed E-state index contributed by atoms with van der Waals surface area (Å²) in [6.45, 7) is 7.02. The number of aliphatic hydroxyl groups excluding tert-OH is 2. The normalized spacial score (nSPS) is 29.0. The summed E-state index contributed by atoms with van der Waals surface area (Å²) in [6, 6.07) is 6.22. The van der Waals surface area contributed by atoms with E-state index in [1.807, 2.05) is 27.7 Å². The van der Waals surface area contributed by atoms with Crippen molar-refractivity contribution in [3.63, 3.8) is 0 Å². The highest BCUT2D eigenvalue weighted by molar-refractivity contribution is 7.86. The molecule has 0 aliphatic carbocycles. The molecule has 0 radical (unpaired) electrons. The zero-order valence-electron chi connectivity index (χ0n) is 13.8. The van der Waals surface area contributed by atoms with E-state index < -0.39 is 46.6 Å². The molecule has 0 unspecified atom stereocenters. The molecule has 2 rings (SSSR count). The van der Waals surface area contributed by atoms with E-state index in [9.17, 15) is 18.6 Å². The Kier molecular flexibility index (Phi) is 5.18. The van der Waals surface area contributed by atoms with Crippen molar-refractivity contribution < 1.29 is 27.6 Å². The van der Waals surface area contributed by atoms with Crippen LogP contribution >= 0.6 is 0 Å². The molecule has 23 heavy (non-hydrogen) atoms. The highest BCUT2D eigenvalue weighted by Gasteiger charge is 2.50. The second-order valence-electron chi connectivity index (χ2n) is 6.96. The minimum Gasteiger partial charge on any atom is -0.394 e. The van der Waals surface area contributed by atoms with Crippen LogP contribution in [-0.4, -0.2) is 49.7 Å². The number of hydrogen-bond donors (Lipinski definition) is 2. The molecule has 0 bridgehead atoms. The lowest BCUT2D eigenvalue weighted by Gasteiger charge is -2.29. The van der Waals surface area contributed by atoms with E-state index in [0.29, 0.717) is 0 Å². The Bertz CT molecular complexity index is 632. The molecule has 1 aromatic rings. The molecule has 1 fully saturated rings. The maximum Gasteiger partial charge on any atom is 0.297 e. The van der Waals surface area contributed by atoms with Crippen LogP contribution in [0.25, 0.3) is 0 Å². The fraction of sp³-hybridized carbons (Fsp3) is 0.625. The number of benzene rings is 1. The van der Waals surface area contributed by atoms with Gasteiger partial charge in [0.25, 0.3) is 10.1 Å². The van der Waals surface area contributed by atoms with E-state index in [4.69, 9.17) is 8.92 Å². The van der Waals surface area contributed by atoms with Gasteiger partial charge in [0.2, 0.25) is 0 Å². The smallest absolute Gasteiger partial charge is 0.297 e. The number of rotatable bonds is 4. The first kappa shape index (κ1) is 18.4. The van der Waals surface area contributed by atoms with E-state index in [0.717, 1.165) is 5.56 Å². The molecular weight excluding hydrogens is 320 g/mol. The standard InChI is InChI=1S/C16H24O6S/c1-10-5-7-11(8-6-10)23(19,20)22-14-12(9-17)21-15(13(14)18)16(2,3)4/h5-8,12-15,17-18H,9H2,1-4H3/t12-,13-,14+,15-/m1/s1. The van der Waals surface area contributed by atoms with Crippen LogP contribution in [0.5, 0.6) is 0 Å². The highest BCUT2D eigenvalue weighted by Crippen LogP contribution is 2.36. The molecule has 1 heterocycles. The van der Waals surface area contributed by atoms with E-state index in [1.165, 1.54) is 12.1 Å². The van der Waals surface area contributed by atoms with Gasteiger partial charge in [0.05, 0.1) is 17.6 Å². The second kappa shape index (κ2) is 6.49. The first-order valence-corrected chi connectivity index (χ1v) is 8.91. The maximum absolute atomic E-state index is 12.4. The zero-order chi connectivity index (χ0) is 17.4. The number of aliphatic hydroxyl groups is 2. The summed E-state index contributed by atoms with van der Waals surface area (Å²) in [5, 5.41) is 19.8. The van der Waals surface area contributed by atoms with Crippen LogP contribution in [0.3, 0.4) is 0 Å². The van der Waals surface area contributed by atoms with Crippen molar-refractivity contribution in [3.05, 3.63) is 29.8 Å². The molecule has 1 aliphatic heterocycles. The summed E-state index contributed by atoms with van der Waals surface area (Å²) in [6.07, 6.45) is -3.81. The van der Waals surface area contributed by atoms with Crippen LogP contribution in [0.1, 0.15) is 26.3 Å². The fourth-order valence-electron chi connectivity index (χ4n) is 2.63. The van der Waals surface area contributed by atoms with Gasteiger partial charge in [-0.1, -0.05) is 38.5 Å². The Morgan fingerprint density at radius 2 is 1.78 bits per heavy atom. The van der Waals surface area contributed by atoms with Crippen LogP contribution in [0, 0.1) is 12.3 Å². The van der Waals surface area contributed by atoms with Crippen molar-refractivity contribution in [1.29, 1.82) is 0 Å². The Balaban J connectivity index is 2.25. The van der Waals surface area contributed by atoms with Crippen LogP contribution in [0.4, 0.5) is 0 Å². The van der Waals surface area contributed by atoms with E-state index in [-0.39, 0.29) is 4.90 Å². The summed E-state index contributed by atoms with van der Waals surface area (Å²) in [5.41, 5.74) is 0.507. The van der Waals surface area contributed by atoms with Crippen molar-refractivity contribution in [1.82, 2.24) is 0 Å². The van der Waals surface area contributed by atoms with Gasteiger partial charge in [-0.2, -0.15) is 8.42 Å². The van der Waals surface area contributed by atoms with Crippen molar-refractivity contribution in [2.24, 2.45) is 5.41 Å². The Morgan fingerprint density at radius 1 is 1.22 bits per heavy atom. The molecule has 0 amide bonds. The molecule has 6 nitrogen and oxygen atoms in total. The molecule has 1 saturated heterocycles. The predicted molar refractivity (Wildman–Crippen MR) is 84.4 cm³/mol. The molecule has 0 aromatic heterocycles. The fourth-order valence-corrected chi connectivity index (χ4v) is 3.74. The minimum atomic E-state index is -4.06. The third kappa shape index (κ3) is 3.92. The SMILES string of the molecule is Cc1ccc(S(=O)(=O)O[C@@H]2[C@@H](O)[C@H](C(C)(C)C)O[C@@H]2CO)cc1. The van der Waals surface area contributed by atoms with Crippen molar-refractivity contribution >= 4 is 10.1 Å². The quantitative estimate of drug-likeness (QED) is 0.798. The van der Waals surface area contributed by atoms with Crippen LogP contribution in [0.2, 0.25) is 0 Å². The molecule has 0 spiro atoms. The second-order valence-corrected chi connectivity index (χ2v) is 8.53. The monoisotopic (exact) mass is 344 g/mol. The van der Waals surface area contributed by atoms with Gasteiger partial charge in [0.1, 0.15) is 18.3 Å². The number of hydrogen-bond acceptors (Lipinski definition) is 6. The van der Waals surface area contributed by atoms with Gasteiger partial charge in [0.15, 0.2) is 0 Å². The predicted octanol–water partition coefficient (Wildman–Crippen LogP) is 1.24. The first-order chi connectivity index (χ1) is 10.6. The average Bonchev–Trinajstić information content (AvgIpc) is 2.75. The lowest BCUT2D eigenvalue weighted by Crippen LogP contribution is -2.41. The van der Waals surface area contributed by atoms with Crippen molar-refractivity contribution in [3.8, 4) is 0 Å². The highest BCUT2D eigenvalue weighted by atomic mass is 32.2. The molecule has 7 heteroatoms. The Labute approximate surface area is 137 Å². The Morgan fingerprint density at radius 3 is 2.26 bits per heavy atom. The zero-order valence-corrected chi connectivity index (χ0v) is 14.6. The molecule has 0 saturated carbocycles. The third-order valence-electron chi connectivity index (χ3n) is 3.92. The molecule has 1 aliphatic rings. The largest absolute Gasteiger partial charge is 0.394 e. The summed E-state index contributed by atoms with van der Waals surface area (Å²) in [7, 11) is -4.06. The molecule has 130 valence electrons. The topological polar surface area (TPSA) is 93.1 Å². The van der Waals surface area contributed by atoms with E-state index >= 15 is 0 Å². The van der Waals surface area contributed by atoms with Crippen LogP contribution in [0.15, 0.2) is 29.2 Å². The maximum atomic E-state index is 12.4. The molecule has 1 aromatic carbocycles. The first-order valence-electron chi connectivity index (χ1n) is 7.50. The molecule has 2 N–H and O–H groups in total. The summed E-state index contributed by atoms with van der Waals surface area (Å²) < 4.78 is 35.6. The Hall–Kier alpha value is -0.990. The van der Waals surface area contributed by atoms with Gasteiger partial charge in [-0.25, -0.2) is 0 Å². The minimum absolute atomic E-state index is 0.00574. The van der Waals surface area contributed by atoms with Crippen LogP contribution in [-0.2, 0) is 19.0 Å². The van der Waals surface area contributed by atoms with Gasteiger partial charge in [-0.15, -0.1) is 0 Å². The summed E-state index contributed by atoms with van der Waals surface area (Å²) in [5.74, 6) is 0. The molecule has 4 atom stereocenters. The van der Waals surface area contributed by atoms with Gasteiger partial charge < -0.3 is 14.9 Å². The summed E-state index contributed by atoms with van der Waals surface area (Å²) in [4.78, 5) is 0.00574. The molecular formula is C16H24O6S. The summed E-state index contributed by atoms with van der Waals surface area (Å²) >= 11 is 0. The van der Waals surface area contributed by atoms with Crippen molar-refractivity contribution in [2.45, 2.75) is 57.0 Å². The number of aryl methyl sites for hydroxylation is 1. The number of ether oxygens (including phenoxy) is 1. The lowest BCUT2D eigenvalue weighted by atomic mass is 9.85. The third-order valence-corrected chi connectivity index (χ3v) is 5.24. The van der Waals surface area contributed by atoms with Gasteiger partial charge in [0, 0.05) is 0 Å². The van der Waals surface area contributed by atoms with E-state index in [2.05, 4.69) is 0 Å². The van der Waals surface area contributed by atoms with Gasteiger partial charge in [-0.05, 0) is 24.5 Å². The lowest BCUT2D eigenvalue weighted by molar-refractivity contribution is -0.0635. The van der Waals surface area contributed by atoms with Gasteiger partial charge >= 0.3 is 0 Å². The van der Waals surface area contributed by atoms with Crippen molar-refractivity contribution in [2.75, 3.05) is 6.61 Å².